The Morgan fingerprint density at radius 2 is 1.81 bits per heavy atom. The van der Waals surface area contributed by atoms with Gasteiger partial charge in [-0.2, -0.15) is 0 Å². The second-order valence-corrected chi connectivity index (χ2v) is 6.72. The molecule has 0 aliphatic carbocycles. The smallest absolute Gasteiger partial charge is 0.306 e. The maximum Gasteiger partial charge on any atom is 0.306 e. The van der Waals surface area contributed by atoms with Crippen LogP contribution >= 0.6 is 0 Å². The van der Waals surface area contributed by atoms with Crippen molar-refractivity contribution in [2.24, 2.45) is 0 Å². The van der Waals surface area contributed by atoms with Gasteiger partial charge in [0.25, 0.3) is 5.91 Å². The van der Waals surface area contributed by atoms with Crippen LogP contribution in [0.2, 0.25) is 0 Å². The quantitative estimate of drug-likeness (QED) is 0.744. The Hall–Kier alpha value is -3.02. The fraction of sp³-hybridized carbons (Fsp3) is 0.333. The highest BCUT2D eigenvalue weighted by Crippen LogP contribution is 2.28. The zero-order valence-electron chi connectivity index (χ0n) is 16.0. The number of rotatable bonds is 8. The highest BCUT2D eigenvalue weighted by molar-refractivity contribution is 5.80. The van der Waals surface area contributed by atoms with Crippen LogP contribution in [-0.2, 0) is 15.1 Å². The predicted molar refractivity (Wildman–Crippen MR) is 102 cm³/mol. The van der Waals surface area contributed by atoms with Crippen molar-refractivity contribution in [3.63, 3.8) is 0 Å². The van der Waals surface area contributed by atoms with Gasteiger partial charge in [-0.1, -0.05) is 18.2 Å². The summed E-state index contributed by atoms with van der Waals surface area (Å²) >= 11 is 0. The van der Waals surface area contributed by atoms with E-state index in [9.17, 15) is 14.7 Å². The SMILES string of the molecule is COc1cccc(C(C)(CC(=O)O)NC(=O)COc2ccc(C)c(C)c2)c1. The van der Waals surface area contributed by atoms with Crippen molar-refractivity contribution in [3.8, 4) is 11.5 Å². The monoisotopic (exact) mass is 371 g/mol. The Morgan fingerprint density at radius 3 is 2.44 bits per heavy atom. The Morgan fingerprint density at radius 1 is 1.07 bits per heavy atom. The van der Waals surface area contributed by atoms with Crippen LogP contribution in [0.3, 0.4) is 0 Å². The molecule has 0 heterocycles. The summed E-state index contributed by atoms with van der Waals surface area (Å²) in [7, 11) is 1.53. The molecule has 0 aromatic heterocycles. The minimum Gasteiger partial charge on any atom is -0.497 e. The molecule has 2 aromatic carbocycles. The number of hydrogen-bond donors (Lipinski definition) is 2. The molecule has 27 heavy (non-hydrogen) atoms. The zero-order chi connectivity index (χ0) is 20.0. The standard InChI is InChI=1S/C21H25NO5/c1-14-8-9-18(10-15(14)2)27-13-19(23)22-21(3,12-20(24)25)16-6-5-7-17(11-16)26-4/h5-11H,12-13H2,1-4H3,(H,22,23)(H,24,25). The van der Waals surface area contributed by atoms with Gasteiger partial charge in [0.2, 0.25) is 0 Å². The summed E-state index contributed by atoms with van der Waals surface area (Å²) in [5.74, 6) is -0.241. The Kier molecular flexibility index (Phi) is 6.45. The summed E-state index contributed by atoms with van der Waals surface area (Å²) in [6.07, 6.45) is -0.268. The van der Waals surface area contributed by atoms with Crippen molar-refractivity contribution in [2.45, 2.75) is 32.7 Å². The van der Waals surface area contributed by atoms with Crippen molar-refractivity contribution < 1.29 is 24.2 Å². The Bertz CT molecular complexity index is 833. The lowest BCUT2D eigenvalue weighted by atomic mass is 9.88. The van der Waals surface area contributed by atoms with Crippen LogP contribution in [0.4, 0.5) is 0 Å². The van der Waals surface area contributed by atoms with Crippen molar-refractivity contribution in [1.29, 1.82) is 0 Å². The molecule has 0 fully saturated rings. The summed E-state index contributed by atoms with van der Waals surface area (Å²) in [6.45, 7) is 5.43. The molecule has 1 atom stereocenters. The second kappa shape index (κ2) is 8.58. The molecule has 6 heteroatoms. The van der Waals surface area contributed by atoms with Crippen molar-refractivity contribution in [3.05, 3.63) is 59.2 Å². The van der Waals surface area contributed by atoms with E-state index in [1.165, 1.54) is 7.11 Å². The van der Waals surface area contributed by atoms with Gasteiger partial charge in [0.05, 0.1) is 19.1 Å². The molecule has 0 saturated carbocycles. The van der Waals surface area contributed by atoms with Crippen LogP contribution in [0, 0.1) is 13.8 Å². The topological polar surface area (TPSA) is 84.9 Å². The van der Waals surface area contributed by atoms with Gasteiger partial charge in [-0.15, -0.1) is 0 Å². The number of methoxy groups -OCH3 is 1. The van der Waals surface area contributed by atoms with Crippen molar-refractivity contribution in [2.75, 3.05) is 13.7 Å². The first kappa shape index (κ1) is 20.3. The molecular weight excluding hydrogens is 346 g/mol. The molecule has 0 saturated heterocycles. The number of benzene rings is 2. The first-order valence-electron chi connectivity index (χ1n) is 8.61. The Labute approximate surface area is 159 Å². The number of carboxylic acid groups (broad SMARTS) is 1. The summed E-state index contributed by atoms with van der Waals surface area (Å²) in [6, 6.07) is 12.6. The van der Waals surface area contributed by atoms with E-state index >= 15 is 0 Å². The van der Waals surface area contributed by atoms with Crippen molar-refractivity contribution >= 4 is 11.9 Å². The minimum atomic E-state index is -1.09. The summed E-state index contributed by atoms with van der Waals surface area (Å²) in [5.41, 5.74) is 1.76. The van der Waals surface area contributed by atoms with E-state index in [0.29, 0.717) is 17.1 Å². The van der Waals surface area contributed by atoms with Gasteiger partial charge >= 0.3 is 5.97 Å². The zero-order valence-corrected chi connectivity index (χ0v) is 16.0. The average Bonchev–Trinajstić information content (AvgIpc) is 2.62. The van der Waals surface area contributed by atoms with Gasteiger partial charge in [-0.3, -0.25) is 9.59 Å². The number of nitrogens with one attached hydrogen (secondary N) is 1. The highest BCUT2D eigenvalue weighted by atomic mass is 16.5. The van der Waals surface area contributed by atoms with Crippen LogP contribution in [0.5, 0.6) is 11.5 Å². The number of carboxylic acids is 1. The van der Waals surface area contributed by atoms with E-state index in [4.69, 9.17) is 9.47 Å². The van der Waals surface area contributed by atoms with Crippen molar-refractivity contribution in [1.82, 2.24) is 5.32 Å². The average molecular weight is 371 g/mol. The maximum atomic E-state index is 12.4. The number of hydrogen-bond acceptors (Lipinski definition) is 4. The molecule has 6 nitrogen and oxygen atoms in total. The molecule has 1 unspecified atom stereocenters. The lowest BCUT2D eigenvalue weighted by Gasteiger charge is -2.30. The van der Waals surface area contributed by atoms with E-state index in [2.05, 4.69) is 5.32 Å². The lowest BCUT2D eigenvalue weighted by Crippen LogP contribution is -2.46. The number of aliphatic carboxylic acids is 1. The van der Waals surface area contributed by atoms with Crippen LogP contribution < -0.4 is 14.8 Å². The summed E-state index contributed by atoms with van der Waals surface area (Å²) in [4.78, 5) is 23.8. The third kappa shape index (κ3) is 5.48. The third-order valence-corrected chi connectivity index (χ3v) is 4.48. The molecule has 2 aromatic rings. The second-order valence-electron chi connectivity index (χ2n) is 6.72. The molecule has 0 aliphatic rings. The number of carbonyl (C=O) groups excluding carboxylic acids is 1. The van der Waals surface area contributed by atoms with Gasteiger partial charge in [-0.05, 0) is 61.7 Å². The summed E-state index contributed by atoms with van der Waals surface area (Å²) < 4.78 is 10.8. The maximum absolute atomic E-state index is 12.4. The number of ether oxygens (including phenoxy) is 2. The van der Waals surface area contributed by atoms with Gasteiger partial charge < -0.3 is 19.9 Å². The van der Waals surface area contributed by atoms with Crippen LogP contribution in [-0.4, -0.2) is 30.7 Å². The van der Waals surface area contributed by atoms with E-state index in [0.717, 1.165) is 11.1 Å². The first-order chi connectivity index (χ1) is 12.7. The molecule has 1 amide bonds. The van der Waals surface area contributed by atoms with Gasteiger partial charge in [0.15, 0.2) is 6.61 Å². The molecular formula is C21H25NO5. The minimum absolute atomic E-state index is 0.207. The van der Waals surface area contributed by atoms with Gasteiger partial charge in [0, 0.05) is 0 Å². The van der Waals surface area contributed by atoms with E-state index < -0.39 is 17.4 Å². The Balaban J connectivity index is 2.13. The number of aryl methyl sites for hydroxylation is 2. The van der Waals surface area contributed by atoms with Crippen LogP contribution in [0.25, 0.3) is 0 Å². The highest BCUT2D eigenvalue weighted by Gasteiger charge is 2.32. The van der Waals surface area contributed by atoms with E-state index in [1.807, 2.05) is 26.0 Å². The number of carbonyl (C=O) groups is 2. The van der Waals surface area contributed by atoms with E-state index in [-0.39, 0.29) is 13.0 Å². The lowest BCUT2D eigenvalue weighted by molar-refractivity contribution is -0.139. The largest absolute Gasteiger partial charge is 0.497 e. The fourth-order valence-electron chi connectivity index (χ4n) is 2.78. The van der Waals surface area contributed by atoms with Gasteiger partial charge in [-0.25, -0.2) is 0 Å². The number of amides is 1. The molecule has 0 aliphatic heterocycles. The molecule has 2 N–H and O–H groups in total. The molecule has 144 valence electrons. The predicted octanol–water partition coefficient (Wildman–Crippen LogP) is 3.20. The molecule has 0 radical (unpaired) electrons. The van der Waals surface area contributed by atoms with Crippen LogP contribution in [0.15, 0.2) is 42.5 Å². The van der Waals surface area contributed by atoms with E-state index in [1.54, 1.807) is 37.3 Å². The third-order valence-electron chi connectivity index (χ3n) is 4.48. The van der Waals surface area contributed by atoms with Crippen LogP contribution in [0.1, 0.15) is 30.0 Å². The summed E-state index contributed by atoms with van der Waals surface area (Å²) in [5, 5.41) is 12.1. The normalized spacial score (nSPS) is 12.7. The molecule has 2 rings (SSSR count). The molecule has 0 bridgehead atoms. The van der Waals surface area contributed by atoms with Gasteiger partial charge in [0.1, 0.15) is 11.5 Å². The first-order valence-corrected chi connectivity index (χ1v) is 8.61. The molecule has 0 spiro atoms. The fourth-order valence-corrected chi connectivity index (χ4v) is 2.78.